The number of rotatable bonds is 1. The van der Waals surface area contributed by atoms with Gasteiger partial charge in [-0.05, 0) is 3.93 Å². The number of halogens is 1. The van der Waals surface area contributed by atoms with Gasteiger partial charge in [0.2, 0.25) is 0 Å². The standard InChI is InChI=1S/C4H4INO2/c5-2-1-3-8-4(6)7/h3H2,(H2,6,7). The molecule has 0 saturated carbocycles. The van der Waals surface area contributed by atoms with E-state index in [4.69, 9.17) is 0 Å². The third-order valence-corrected chi connectivity index (χ3v) is 0.735. The van der Waals surface area contributed by atoms with Crippen molar-refractivity contribution in [2.75, 3.05) is 6.61 Å². The van der Waals surface area contributed by atoms with Gasteiger partial charge in [0, 0.05) is 22.6 Å². The summed E-state index contributed by atoms with van der Waals surface area (Å²) in [6.07, 6.45) is -0.788. The predicted octanol–water partition coefficient (Wildman–Crippen LogP) is 0.478. The smallest absolute Gasteiger partial charge is 0.405 e. The molecule has 0 radical (unpaired) electrons. The highest BCUT2D eigenvalue weighted by Gasteiger charge is 1.85. The lowest BCUT2D eigenvalue weighted by molar-refractivity contribution is 0.171. The third kappa shape index (κ3) is 5.56. The molecule has 0 aliphatic carbocycles. The second-order valence-electron chi connectivity index (χ2n) is 0.879. The van der Waals surface area contributed by atoms with Gasteiger partial charge in [0.1, 0.15) is 0 Å². The number of carbonyl (C=O) groups excluding carboxylic acids is 1. The van der Waals surface area contributed by atoms with E-state index in [9.17, 15) is 4.79 Å². The first-order valence-electron chi connectivity index (χ1n) is 1.78. The highest BCUT2D eigenvalue weighted by Crippen LogP contribution is 1.73. The molecule has 0 aromatic rings. The number of carbonyl (C=O) groups is 1. The monoisotopic (exact) mass is 225 g/mol. The van der Waals surface area contributed by atoms with Crippen molar-refractivity contribution in [1.82, 2.24) is 0 Å². The summed E-state index contributed by atoms with van der Waals surface area (Å²) >= 11 is 1.84. The highest BCUT2D eigenvalue weighted by atomic mass is 127. The number of amides is 1. The Labute approximate surface area is 60.7 Å². The van der Waals surface area contributed by atoms with Crippen molar-refractivity contribution < 1.29 is 9.53 Å². The SMILES string of the molecule is NC(=O)OCC#CI. The Morgan fingerprint density at radius 3 is 2.88 bits per heavy atom. The van der Waals surface area contributed by atoms with Gasteiger partial charge in [-0.25, -0.2) is 4.79 Å². The minimum Gasteiger partial charge on any atom is -0.436 e. The molecule has 4 heteroatoms. The number of ether oxygens (including phenoxy) is 1. The van der Waals surface area contributed by atoms with Crippen LogP contribution < -0.4 is 5.73 Å². The van der Waals surface area contributed by atoms with Gasteiger partial charge in [-0.1, -0.05) is 5.92 Å². The van der Waals surface area contributed by atoms with E-state index in [1.54, 1.807) is 0 Å². The summed E-state index contributed by atoms with van der Waals surface area (Å²) in [6.45, 7) is 0.0816. The van der Waals surface area contributed by atoms with Gasteiger partial charge < -0.3 is 10.5 Å². The average molecular weight is 225 g/mol. The Balaban J connectivity index is 3.14. The summed E-state index contributed by atoms with van der Waals surface area (Å²) in [6, 6.07) is 0. The quantitative estimate of drug-likeness (QED) is 0.521. The van der Waals surface area contributed by atoms with Gasteiger partial charge in [0.05, 0.1) is 0 Å². The van der Waals surface area contributed by atoms with Gasteiger partial charge >= 0.3 is 6.09 Å². The van der Waals surface area contributed by atoms with Crippen LogP contribution in [0.2, 0.25) is 0 Å². The van der Waals surface area contributed by atoms with Gasteiger partial charge in [0.15, 0.2) is 6.61 Å². The Hall–Kier alpha value is -0.440. The minimum absolute atomic E-state index is 0.0816. The molecule has 0 aromatic carbocycles. The van der Waals surface area contributed by atoms with Crippen LogP contribution in [-0.2, 0) is 4.74 Å². The summed E-state index contributed by atoms with van der Waals surface area (Å²) in [5, 5.41) is 0. The van der Waals surface area contributed by atoms with Crippen LogP contribution in [0, 0.1) is 9.85 Å². The first-order valence-corrected chi connectivity index (χ1v) is 2.86. The van der Waals surface area contributed by atoms with Crippen molar-refractivity contribution in [3.8, 4) is 9.85 Å². The molecular formula is C4H4INO2. The lowest BCUT2D eigenvalue weighted by Crippen LogP contribution is -2.12. The fraction of sp³-hybridized carbons (Fsp3) is 0.250. The Morgan fingerprint density at radius 2 is 2.50 bits per heavy atom. The van der Waals surface area contributed by atoms with E-state index >= 15 is 0 Å². The average Bonchev–Trinajstić information content (AvgIpc) is 1.66. The zero-order valence-corrected chi connectivity index (χ0v) is 6.14. The molecule has 8 heavy (non-hydrogen) atoms. The maximum atomic E-state index is 9.80. The minimum atomic E-state index is -0.788. The summed E-state index contributed by atoms with van der Waals surface area (Å²) in [7, 11) is 0. The normalized spacial score (nSPS) is 6.62. The molecule has 0 aliphatic rings. The molecule has 0 rings (SSSR count). The maximum absolute atomic E-state index is 9.80. The molecular weight excluding hydrogens is 221 g/mol. The van der Waals surface area contributed by atoms with E-state index in [0.717, 1.165) is 0 Å². The molecule has 0 spiro atoms. The molecule has 0 fully saturated rings. The van der Waals surface area contributed by atoms with E-state index in [-0.39, 0.29) is 6.61 Å². The fourth-order valence-electron chi connectivity index (χ4n) is 0.134. The number of hydrogen-bond acceptors (Lipinski definition) is 2. The van der Waals surface area contributed by atoms with E-state index in [1.807, 2.05) is 22.6 Å². The molecule has 0 saturated heterocycles. The van der Waals surface area contributed by atoms with Crippen molar-refractivity contribution in [2.24, 2.45) is 5.73 Å². The topological polar surface area (TPSA) is 52.3 Å². The second-order valence-corrected chi connectivity index (χ2v) is 1.42. The predicted molar refractivity (Wildman–Crippen MR) is 37.3 cm³/mol. The summed E-state index contributed by atoms with van der Waals surface area (Å²) in [5.41, 5.74) is 4.60. The van der Waals surface area contributed by atoms with Crippen molar-refractivity contribution in [3.05, 3.63) is 0 Å². The van der Waals surface area contributed by atoms with E-state index in [1.165, 1.54) is 0 Å². The van der Waals surface area contributed by atoms with Crippen LogP contribution in [0.15, 0.2) is 0 Å². The largest absolute Gasteiger partial charge is 0.436 e. The molecule has 0 atom stereocenters. The zero-order valence-electron chi connectivity index (χ0n) is 3.98. The second kappa shape index (κ2) is 4.71. The number of hydrogen-bond donors (Lipinski definition) is 1. The van der Waals surface area contributed by atoms with Crippen LogP contribution in [0.25, 0.3) is 0 Å². The molecule has 3 nitrogen and oxygen atoms in total. The highest BCUT2D eigenvalue weighted by molar-refractivity contribution is 14.1. The zero-order chi connectivity index (χ0) is 6.41. The molecule has 1 amide bonds. The van der Waals surface area contributed by atoms with Crippen LogP contribution in [0.5, 0.6) is 0 Å². The number of primary amides is 1. The van der Waals surface area contributed by atoms with Crippen LogP contribution in [0.3, 0.4) is 0 Å². The first-order chi connectivity index (χ1) is 3.77. The van der Waals surface area contributed by atoms with E-state index in [2.05, 4.69) is 20.3 Å². The van der Waals surface area contributed by atoms with Gasteiger partial charge in [-0.3, -0.25) is 0 Å². The van der Waals surface area contributed by atoms with E-state index in [0.29, 0.717) is 0 Å². The summed E-state index contributed by atoms with van der Waals surface area (Å²) in [4.78, 5) is 9.80. The van der Waals surface area contributed by atoms with Crippen LogP contribution in [-0.4, -0.2) is 12.7 Å². The van der Waals surface area contributed by atoms with Crippen LogP contribution >= 0.6 is 22.6 Å². The summed E-state index contributed by atoms with van der Waals surface area (Å²) in [5.74, 6) is 2.49. The van der Waals surface area contributed by atoms with Crippen molar-refractivity contribution in [1.29, 1.82) is 0 Å². The van der Waals surface area contributed by atoms with Crippen molar-refractivity contribution in [3.63, 3.8) is 0 Å². The molecule has 0 heterocycles. The van der Waals surface area contributed by atoms with Crippen LogP contribution in [0.1, 0.15) is 0 Å². The van der Waals surface area contributed by atoms with Gasteiger partial charge in [0.25, 0.3) is 0 Å². The lowest BCUT2D eigenvalue weighted by Gasteiger charge is -1.89. The van der Waals surface area contributed by atoms with Crippen molar-refractivity contribution in [2.45, 2.75) is 0 Å². The number of nitrogens with two attached hydrogens (primary N) is 1. The van der Waals surface area contributed by atoms with Crippen molar-refractivity contribution >= 4 is 28.7 Å². The Morgan fingerprint density at radius 1 is 1.88 bits per heavy atom. The van der Waals surface area contributed by atoms with Crippen LogP contribution in [0.4, 0.5) is 4.79 Å². The molecule has 2 N–H and O–H groups in total. The molecule has 44 valence electrons. The first kappa shape index (κ1) is 7.56. The fourth-order valence-corrected chi connectivity index (χ4v) is 0.290. The Bertz CT molecular complexity index is 135. The molecule has 0 bridgehead atoms. The maximum Gasteiger partial charge on any atom is 0.405 e. The van der Waals surface area contributed by atoms with Gasteiger partial charge in [-0.2, -0.15) is 0 Å². The van der Waals surface area contributed by atoms with E-state index < -0.39 is 6.09 Å². The Kier molecular flexibility index (Phi) is 4.45. The molecule has 0 unspecified atom stereocenters. The lowest BCUT2D eigenvalue weighted by atomic mass is 10.8. The third-order valence-electron chi connectivity index (χ3n) is 0.353. The summed E-state index contributed by atoms with van der Waals surface area (Å²) < 4.78 is 6.75. The molecule has 0 aromatic heterocycles. The molecule has 0 aliphatic heterocycles. The van der Waals surface area contributed by atoms with Gasteiger partial charge in [-0.15, -0.1) is 0 Å².